The van der Waals surface area contributed by atoms with Gasteiger partial charge in [-0.1, -0.05) is 18.2 Å². The number of aliphatic carboxylic acids is 1. The van der Waals surface area contributed by atoms with Gasteiger partial charge in [-0.25, -0.2) is 0 Å². The molecule has 1 unspecified atom stereocenters. The van der Waals surface area contributed by atoms with Gasteiger partial charge in [-0.3, -0.25) is 14.5 Å². The Kier molecular flexibility index (Phi) is 9.22. The maximum Gasteiger partial charge on any atom is 0.416 e. The second-order valence-electron chi connectivity index (χ2n) is 12.0. The van der Waals surface area contributed by atoms with E-state index in [4.69, 9.17) is 4.74 Å². The maximum absolute atomic E-state index is 14.2. The van der Waals surface area contributed by atoms with Gasteiger partial charge in [0.05, 0.1) is 30.6 Å². The van der Waals surface area contributed by atoms with E-state index in [1.807, 2.05) is 34.1 Å². The predicted octanol–water partition coefficient (Wildman–Crippen LogP) is 4.36. The Morgan fingerprint density at radius 3 is 2.23 bits per heavy atom. The molecule has 1 amide bonds. The van der Waals surface area contributed by atoms with E-state index in [-0.39, 0.29) is 18.4 Å². The number of carboxylic acid groups (broad SMARTS) is 1. The number of nitrogens with zero attached hydrogens (tertiary/aromatic N) is 3. The van der Waals surface area contributed by atoms with Crippen molar-refractivity contribution in [1.29, 1.82) is 0 Å². The number of β-amino-alcohol motifs (C(OH)–C–C–N with tert-alkyl or cyclic N) is 1. The average Bonchev–Trinajstić information content (AvgIpc) is 3.45. The number of methoxy groups -OCH3 is 1. The number of piperidine rings is 2. The molecule has 5 rings (SSSR count). The number of carboxylic acids is 1. The topological polar surface area (TPSA) is 93.5 Å². The highest BCUT2D eigenvalue weighted by atomic mass is 19.4. The lowest BCUT2D eigenvalue weighted by Gasteiger charge is -2.40. The van der Waals surface area contributed by atoms with Crippen LogP contribution in [0.3, 0.4) is 0 Å². The first-order valence-corrected chi connectivity index (χ1v) is 15.0. The molecule has 8 nitrogen and oxygen atoms in total. The minimum atomic E-state index is -4.48. The maximum atomic E-state index is 14.2. The number of hydrogen-bond acceptors (Lipinski definition) is 6. The van der Waals surface area contributed by atoms with Crippen LogP contribution in [0.25, 0.3) is 0 Å². The van der Waals surface area contributed by atoms with E-state index in [9.17, 15) is 33.0 Å². The van der Waals surface area contributed by atoms with E-state index >= 15 is 0 Å². The van der Waals surface area contributed by atoms with E-state index in [0.717, 1.165) is 17.2 Å². The molecule has 1 atom stereocenters. The van der Waals surface area contributed by atoms with Crippen LogP contribution in [0.15, 0.2) is 42.5 Å². The number of rotatable bonds is 8. The number of ether oxygens (including phenoxy) is 1. The van der Waals surface area contributed by atoms with Gasteiger partial charge in [0.15, 0.2) is 0 Å². The summed E-state index contributed by atoms with van der Waals surface area (Å²) in [6, 6.07) is 11.5. The van der Waals surface area contributed by atoms with Gasteiger partial charge >= 0.3 is 12.1 Å². The number of carbonyl (C=O) groups is 2. The van der Waals surface area contributed by atoms with Crippen LogP contribution in [0, 0.1) is 5.92 Å². The van der Waals surface area contributed by atoms with Gasteiger partial charge in [0.25, 0.3) is 0 Å². The molecule has 43 heavy (non-hydrogen) atoms. The summed E-state index contributed by atoms with van der Waals surface area (Å²) in [6.45, 7) is 3.46. The van der Waals surface area contributed by atoms with Crippen LogP contribution in [0.1, 0.15) is 54.7 Å². The molecule has 0 radical (unpaired) electrons. The molecule has 0 aliphatic carbocycles. The molecule has 2 N–H and O–H groups in total. The highest BCUT2D eigenvalue weighted by molar-refractivity contribution is 5.89. The number of halogens is 3. The molecule has 3 fully saturated rings. The van der Waals surface area contributed by atoms with E-state index < -0.39 is 29.0 Å². The molecule has 0 bridgehead atoms. The molecule has 3 heterocycles. The summed E-state index contributed by atoms with van der Waals surface area (Å²) >= 11 is 0. The Balaban J connectivity index is 1.35. The lowest BCUT2D eigenvalue weighted by atomic mass is 9.77. The summed E-state index contributed by atoms with van der Waals surface area (Å²) in [5.74, 6) is -0.626. The second kappa shape index (κ2) is 12.7. The predicted molar refractivity (Wildman–Crippen MR) is 155 cm³/mol. The molecule has 2 aromatic carbocycles. The fourth-order valence-corrected chi connectivity index (χ4v) is 7.07. The third-order valence-corrected chi connectivity index (χ3v) is 9.58. The van der Waals surface area contributed by atoms with Crippen molar-refractivity contribution in [1.82, 2.24) is 9.80 Å². The highest BCUT2D eigenvalue weighted by Crippen LogP contribution is 2.42. The fraction of sp³-hybridized carbons (Fsp3) is 0.562. The number of likely N-dealkylation sites (tertiary alicyclic amines) is 2. The quantitative estimate of drug-likeness (QED) is 0.463. The van der Waals surface area contributed by atoms with Crippen LogP contribution in [0.4, 0.5) is 18.9 Å². The number of benzene rings is 2. The molecule has 0 saturated carbocycles. The van der Waals surface area contributed by atoms with E-state index in [1.165, 1.54) is 6.07 Å². The van der Waals surface area contributed by atoms with E-state index in [1.54, 1.807) is 13.2 Å². The van der Waals surface area contributed by atoms with E-state index in [2.05, 4.69) is 4.90 Å². The van der Waals surface area contributed by atoms with Gasteiger partial charge in [0.2, 0.25) is 5.91 Å². The monoisotopic (exact) mass is 603 g/mol. The number of alkyl halides is 3. The zero-order chi connectivity index (χ0) is 30.8. The molecule has 2 aromatic rings. The van der Waals surface area contributed by atoms with Crippen molar-refractivity contribution in [3.8, 4) is 5.75 Å². The Bertz CT molecular complexity index is 1290. The summed E-state index contributed by atoms with van der Waals surface area (Å²) in [7, 11) is 1.60. The number of carbonyl (C=O) groups excluding carboxylic acids is 1. The largest absolute Gasteiger partial charge is 0.497 e. The standard InChI is InChI=1S/C32H40F3N3O5/c1-43-26-5-2-24(3-6-26)31(12-17-36(21-31)18-19-39)30(42)38-15-8-22(9-16-38)27-7-4-25(32(33,34)35)20-28(27)37-13-10-23(11-14-37)29(40)41/h2-7,20,22-23,39H,8-19,21H2,1H3,(H,40,41). The van der Waals surface area contributed by atoms with Crippen LogP contribution < -0.4 is 9.64 Å². The molecular weight excluding hydrogens is 563 g/mol. The van der Waals surface area contributed by atoms with Gasteiger partial charge in [-0.15, -0.1) is 0 Å². The van der Waals surface area contributed by atoms with Gasteiger partial charge in [0.1, 0.15) is 5.75 Å². The number of aliphatic hydroxyl groups excluding tert-OH is 1. The second-order valence-corrected chi connectivity index (χ2v) is 12.0. The molecule has 0 spiro atoms. The number of hydrogen-bond donors (Lipinski definition) is 2. The van der Waals surface area contributed by atoms with Gasteiger partial charge in [0, 0.05) is 45.0 Å². The zero-order valence-corrected chi connectivity index (χ0v) is 24.5. The molecular formula is C32H40F3N3O5. The first-order valence-electron chi connectivity index (χ1n) is 15.0. The van der Waals surface area contributed by atoms with Crippen LogP contribution in [-0.4, -0.2) is 91.4 Å². The first kappa shape index (κ1) is 31.1. The molecule has 0 aromatic heterocycles. The van der Waals surface area contributed by atoms with Crippen LogP contribution in [0.2, 0.25) is 0 Å². The normalized spacial score (nSPS) is 22.6. The summed E-state index contributed by atoms with van der Waals surface area (Å²) in [4.78, 5) is 31.6. The minimum Gasteiger partial charge on any atom is -0.497 e. The zero-order valence-electron chi connectivity index (χ0n) is 24.5. The molecule has 234 valence electrons. The SMILES string of the molecule is COc1ccc(C2(C(=O)N3CCC(c4ccc(C(F)(F)F)cc4N4CCC(C(=O)O)CC4)CC3)CCN(CCO)C2)cc1. The molecule has 3 aliphatic heterocycles. The minimum absolute atomic E-state index is 0.0156. The van der Waals surface area contributed by atoms with Crippen LogP contribution >= 0.6 is 0 Å². The average molecular weight is 604 g/mol. The van der Waals surface area contributed by atoms with Crippen molar-refractivity contribution in [2.45, 2.75) is 49.6 Å². The number of amides is 1. The van der Waals surface area contributed by atoms with Crippen molar-refractivity contribution >= 4 is 17.6 Å². The molecule has 3 aliphatic rings. The van der Waals surface area contributed by atoms with Crippen molar-refractivity contribution < 1.29 is 37.7 Å². The smallest absolute Gasteiger partial charge is 0.416 e. The van der Waals surface area contributed by atoms with Crippen molar-refractivity contribution in [3.05, 3.63) is 59.2 Å². The fourth-order valence-electron chi connectivity index (χ4n) is 7.07. The third-order valence-electron chi connectivity index (χ3n) is 9.58. The highest BCUT2D eigenvalue weighted by Gasteiger charge is 2.48. The molecule has 11 heteroatoms. The van der Waals surface area contributed by atoms with Crippen molar-refractivity contribution in [2.24, 2.45) is 5.92 Å². The van der Waals surface area contributed by atoms with Crippen LogP contribution in [0.5, 0.6) is 5.75 Å². The van der Waals surface area contributed by atoms with Crippen LogP contribution in [-0.2, 0) is 21.2 Å². The lowest BCUT2D eigenvalue weighted by Crippen LogP contribution is -2.51. The summed E-state index contributed by atoms with van der Waals surface area (Å²) in [6.07, 6.45) is -1.84. The van der Waals surface area contributed by atoms with Gasteiger partial charge in [-0.2, -0.15) is 13.2 Å². The van der Waals surface area contributed by atoms with Crippen molar-refractivity contribution in [2.75, 3.05) is 64.4 Å². The first-order chi connectivity index (χ1) is 20.6. The summed E-state index contributed by atoms with van der Waals surface area (Å²) in [5.41, 5.74) is 0.801. The number of anilines is 1. The Morgan fingerprint density at radius 2 is 1.65 bits per heavy atom. The summed E-state index contributed by atoms with van der Waals surface area (Å²) in [5, 5.41) is 18.9. The third kappa shape index (κ3) is 6.47. The summed E-state index contributed by atoms with van der Waals surface area (Å²) < 4.78 is 46.4. The Labute approximate surface area is 250 Å². The Morgan fingerprint density at radius 1 is 0.977 bits per heavy atom. The van der Waals surface area contributed by atoms with Gasteiger partial charge in [-0.05, 0) is 80.0 Å². The molecule has 3 saturated heterocycles. The number of aliphatic hydroxyl groups is 1. The van der Waals surface area contributed by atoms with E-state index in [0.29, 0.717) is 89.4 Å². The van der Waals surface area contributed by atoms with Crippen molar-refractivity contribution in [3.63, 3.8) is 0 Å². The lowest BCUT2D eigenvalue weighted by molar-refractivity contribution is -0.142. The Hall–Kier alpha value is -3.31. The van der Waals surface area contributed by atoms with Gasteiger partial charge < -0.3 is 24.7 Å².